The van der Waals surface area contributed by atoms with Crippen LogP contribution in [-0.2, 0) is 16.2 Å². The highest BCUT2D eigenvalue weighted by atomic mass is 35.5. The predicted molar refractivity (Wildman–Crippen MR) is 126 cm³/mol. The van der Waals surface area contributed by atoms with Crippen molar-refractivity contribution in [2.75, 3.05) is 6.61 Å². The third kappa shape index (κ3) is 4.02. The summed E-state index contributed by atoms with van der Waals surface area (Å²) in [7, 11) is 0. The van der Waals surface area contributed by atoms with Gasteiger partial charge in [-0.05, 0) is 60.6 Å². The molecule has 1 heterocycles. The van der Waals surface area contributed by atoms with Crippen LogP contribution in [0, 0.1) is 23.7 Å². The maximum atomic E-state index is 12.8. The van der Waals surface area contributed by atoms with Gasteiger partial charge in [0, 0.05) is 5.02 Å². The van der Waals surface area contributed by atoms with Gasteiger partial charge < -0.3 is 9.47 Å². The minimum absolute atomic E-state index is 0.146. The second-order valence-electron chi connectivity index (χ2n) is 8.41. The molecule has 4 atom stereocenters. The standard InChI is InChI=1S/C25H22Cl2N2O4/c1-2-32-20-10-15(9-19(27)23(20)33-13-14-3-7-18(26)8-4-14)12-28-29-24(30)21-16-5-6-17(11-16)22(21)25(29)31/h3-10,12,16-17,21-22H,2,11,13H2,1H3/b28-12-/t16-,17-,21-,22-/m0/s1. The number of hydrogen-bond acceptors (Lipinski definition) is 5. The second kappa shape index (κ2) is 8.84. The monoisotopic (exact) mass is 484 g/mol. The summed E-state index contributed by atoms with van der Waals surface area (Å²) in [5.74, 6) is 0.149. The van der Waals surface area contributed by atoms with Crippen LogP contribution in [0.2, 0.25) is 10.0 Å². The van der Waals surface area contributed by atoms with Crippen molar-refractivity contribution in [2.24, 2.45) is 28.8 Å². The van der Waals surface area contributed by atoms with Gasteiger partial charge in [-0.2, -0.15) is 10.1 Å². The van der Waals surface area contributed by atoms with Crippen molar-refractivity contribution in [1.29, 1.82) is 0 Å². The number of ether oxygens (including phenoxy) is 2. The van der Waals surface area contributed by atoms with Crippen molar-refractivity contribution in [1.82, 2.24) is 5.01 Å². The van der Waals surface area contributed by atoms with E-state index in [1.807, 2.05) is 19.1 Å². The number of carbonyl (C=O) groups is 2. The fraction of sp³-hybridized carbons (Fsp3) is 0.320. The Labute approximate surface area is 201 Å². The Balaban J connectivity index is 1.34. The van der Waals surface area contributed by atoms with E-state index >= 15 is 0 Å². The minimum Gasteiger partial charge on any atom is -0.490 e. The van der Waals surface area contributed by atoms with Gasteiger partial charge in [0.05, 0.1) is 29.7 Å². The molecule has 1 aliphatic heterocycles. The molecular weight excluding hydrogens is 463 g/mol. The molecule has 2 aromatic rings. The quantitative estimate of drug-likeness (QED) is 0.311. The van der Waals surface area contributed by atoms with Gasteiger partial charge in [-0.15, -0.1) is 0 Å². The lowest BCUT2D eigenvalue weighted by Crippen LogP contribution is -2.28. The van der Waals surface area contributed by atoms with E-state index in [-0.39, 0.29) is 35.5 Å². The van der Waals surface area contributed by atoms with Crippen molar-refractivity contribution in [3.8, 4) is 11.5 Å². The largest absolute Gasteiger partial charge is 0.490 e. The van der Waals surface area contributed by atoms with Crippen molar-refractivity contribution < 1.29 is 19.1 Å². The molecule has 2 fully saturated rings. The fourth-order valence-electron chi connectivity index (χ4n) is 4.93. The van der Waals surface area contributed by atoms with Crippen LogP contribution in [0.5, 0.6) is 11.5 Å². The Morgan fingerprint density at radius 2 is 1.70 bits per heavy atom. The number of fused-ring (bicyclic) bond motifs is 5. The second-order valence-corrected chi connectivity index (χ2v) is 9.25. The van der Waals surface area contributed by atoms with Crippen LogP contribution in [-0.4, -0.2) is 29.6 Å². The number of halogens is 2. The summed E-state index contributed by atoms with van der Waals surface area (Å²) in [6.07, 6.45) is 6.46. The van der Waals surface area contributed by atoms with Crippen LogP contribution in [0.4, 0.5) is 0 Å². The molecule has 6 nitrogen and oxygen atoms in total. The molecule has 2 amide bonds. The van der Waals surface area contributed by atoms with Crippen molar-refractivity contribution in [3.05, 3.63) is 69.7 Å². The predicted octanol–water partition coefficient (Wildman–Crippen LogP) is 5.11. The summed E-state index contributed by atoms with van der Waals surface area (Å²) in [5.41, 5.74) is 1.53. The van der Waals surface area contributed by atoms with E-state index in [2.05, 4.69) is 17.3 Å². The van der Waals surface area contributed by atoms with E-state index in [4.69, 9.17) is 32.7 Å². The number of hydrogen-bond donors (Lipinski definition) is 0. The van der Waals surface area contributed by atoms with Crippen LogP contribution < -0.4 is 9.47 Å². The number of hydrazone groups is 1. The minimum atomic E-state index is -0.282. The highest BCUT2D eigenvalue weighted by Gasteiger charge is 2.59. The maximum absolute atomic E-state index is 12.8. The van der Waals surface area contributed by atoms with Crippen LogP contribution in [0.3, 0.4) is 0 Å². The van der Waals surface area contributed by atoms with Crippen LogP contribution in [0.1, 0.15) is 24.5 Å². The molecule has 8 heteroatoms. The van der Waals surface area contributed by atoms with Gasteiger partial charge in [-0.3, -0.25) is 9.59 Å². The van der Waals surface area contributed by atoms with E-state index < -0.39 is 0 Å². The van der Waals surface area contributed by atoms with Gasteiger partial charge in [-0.1, -0.05) is 47.5 Å². The number of allylic oxidation sites excluding steroid dienone is 2. The first-order valence-corrected chi connectivity index (χ1v) is 11.7. The number of nitrogens with zero attached hydrogens (tertiary/aromatic N) is 2. The van der Waals surface area contributed by atoms with E-state index in [1.165, 1.54) is 6.21 Å². The summed E-state index contributed by atoms with van der Waals surface area (Å²) in [5, 5.41) is 6.23. The van der Waals surface area contributed by atoms with E-state index in [0.717, 1.165) is 17.0 Å². The lowest BCUT2D eigenvalue weighted by molar-refractivity contribution is -0.140. The Bertz CT molecular complexity index is 1130. The molecule has 0 aromatic heterocycles. The molecule has 1 saturated heterocycles. The fourth-order valence-corrected chi connectivity index (χ4v) is 5.33. The Hall–Kier alpha value is -2.83. The van der Waals surface area contributed by atoms with Crippen LogP contribution >= 0.6 is 23.2 Å². The molecule has 5 rings (SSSR count). The molecule has 2 aliphatic carbocycles. The van der Waals surface area contributed by atoms with Gasteiger partial charge in [0.1, 0.15) is 6.61 Å². The molecule has 2 bridgehead atoms. The van der Waals surface area contributed by atoms with Gasteiger partial charge >= 0.3 is 0 Å². The smallest absolute Gasteiger partial charge is 0.254 e. The summed E-state index contributed by atoms with van der Waals surface area (Å²) < 4.78 is 11.7. The lowest BCUT2D eigenvalue weighted by atomic mass is 9.85. The Kier molecular flexibility index (Phi) is 5.89. The van der Waals surface area contributed by atoms with Crippen LogP contribution in [0.15, 0.2) is 53.7 Å². The first-order chi connectivity index (χ1) is 16.0. The third-order valence-corrected chi connectivity index (χ3v) is 6.93. The van der Waals surface area contributed by atoms with E-state index in [1.54, 1.807) is 24.3 Å². The first kappa shape index (κ1) is 22.0. The van der Waals surface area contributed by atoms with Gasteiger partial charge in [0.15, 0.2) is 11.5 Å². The maximum Gasteiger partial charge on any atom is 0.254 e. The number of rotatable bonds is 7. The normalized spacial score (nSPS) is 25.4. The van der Waals surface area contributed by atoms with Crippen molar-refractivity contribution in [2.45, 2.75) is 20.0 Å². The highest BCUT2D eigenvalue weighted by Crippen LogP contribution is 2.52. The van der Waals surface area contributed by atoms with E-state index in [0.29, 0.717) is 40.3 Å². The molecule has 0 N–H and O–H groups in total. The zero-order valence-corrected chi connectivity index (χ0v) is 19.4. The molecule has 33 heavy (non-hydrogen) atoms. The molecule has 2 aromatic carbocycles. The highest BCUT2D eigenvalue weighted by molar-refractivity contribution is 6.32. The number of amides is 2. The number of benzene rings is 2. The van der Waals surface area contributed by atoms with Gasteiger partial charge in [-0.25, -0.2) is 0 Å². The van der Waals surface area contributed by atoms with Crippen molar-refractivity contribution in [3.63, 3.8) is 0 Å². The molecule has 0 radical (unpaired) electrons. The summed E-state index contributed by atoms with van der Waals surface area (Å²) in [6.45, 7) is 2.57. The average Bonchev–Trinajstić information content (AvgIpc) is 3.47. The zero-order chi connectivity index (χ0) is 23.1. The van der Waals surface area contributed by atoms with Gasteiger partial charge in [0.25, 0.3) is 11.8 Å². The average molecular weight is 485 g/mol. The molecular formula is C25H22Cl2N2O4. The molecule has 3 aliphatic rings. The number of imide groups is 1. The van der Waals surface area contributed by atoms with E-state index in [9.17, 15) is 9.59 Å². The first-order valence-electron chi connectivity index (χ1n) is 10.9. The summed E-state index contributed by atoms with van der Waals surface area (Å²) in [4.78, 5) is 25.6. The lowest BCUT2D eigenvalue weighted by Gasteiger charge is -2.15. The van der Waals surface area contributed by atoms with Crippen molar-refractivity contribution >= 4 is 41.2 Å². The SMILES string of the molecule is CCOc1cc(/C=N\N2C(=O)[C@@H]3[C@@H](C2=O)[C@H]2C=C[C@H]3C2)cc(Cl)c1OCc1ccc(Cl)cc1. The summed E-state index contributed by atoms with van der Waals surface area (Å²) in [6, 6.07) is 10.7. The Morgan fingerprint density at radius 1 is 1.03 bits per heavy atom. The molecule has 0 spiro atoms. The number of carbonyl (C=O) groups excluding carboxylic acids is 2. The molecule has 170 valence electrons. The van der Waals surface area contributed by atoms with Crippen LogP contribution in [0.25, 0.3) is 0 Å². The third-order valence-electron chi connectivity index (χ3n) is 6.40. The molecule has 1 saturated carbocycles. The zero-order valence-electron chi connectivity index (χ0n) is 17.9. The van der Waals surface area contributed by atoms with Gasteiger partial charge in [0.2, 0.25) is 0 Å². The topological polar surface area (TPSA) is 68.2 Å². The summed E-state index contributed by atoms with van der Waals surface area (Å²) >= 11 is 12.4. The molecule has 0 unspecified atom stereocenters. The Morgan fingerprint density at radius 3 is 2.33 bits per heavy atom.